The number of amides is 1. The van der Waals surface area contributed by atoms with Gasteiger partial charge >= 0.3 is 0 Å². The Morgan fingerprint density at radius 3 is 2.94 bits per heavy atom. The number of carbonyl (C=O) groups excluding carboxylic acids is 1. The fourth-order valence-electron chi connectivity index (χ4n) is 1.98. The van der Waals surface area contributed by atoms with Gasteiger partial charge in [0, 0.05) is 38.6 Å². The lowest BCUT2D eigenvalue weighted by Gasteiger charge is -2.22. The van der Waals surface area contributed by atoms with Crippen LogP contribution in [-0.4, -0.2) is 55.7 Å². The maximum absolute atomic E-state index is 12.0. The van der Waals surface area contributed by atoms with Crippen LogP contribution in [0.5, 0.6) is 0 Å². The van der Waals surface area contributed by atoms with Gasteiger partial charge in [0.2, 0.25) is 5.91 Å². The van der Waals surface area contributed by atoms with Crippen LogP contribution in [0.4, 0.5) is 0 Å². The van der Waals surface area contributed by atoms with Crippen LogP contribution in [0.25, 0.3) is 0 Å². The van der Waals surface area contributed by atoms with Crippen molar-refractivity contribution < 1.29 is 14.3 Å². The molecule has 0 N–H and O–H groups in total. The van der Waals surface area contributed by atoms with Crippen molar-refractivity contribution in [2.45, 2.75) is 31.8 Å². The predicted molar refractivity (Wildman–Crippen MR) is 70.5 cm³/mol. The topological polar surface area (TPSA) is 38.8 Å². The van der Waals surface area contributed by atoms with Gasteiger partial charge in [-0.05, 0) is 19.3 Å². The molecule has 1 unspecified atom stereocenters. The summed E-state index contributed by atoms with van der Waals surface area (Å²) in [4.78, 5) is 13.8. The number of hydrogen-bond acceptors (Lipinski definition) is 3. The molecular formula is C12H22BrNO3. The van der Waals surface area contributed by atoms with E-state index in [9.17, 15) is 4.79 Å². The summed E-state index contributed by atoms with van der Waals surface area (Å²) >= 11 is 3.37. The summed E-state index contributed by atoms with van der Waals surface area (Å²) in [6, 6.07) is 0. The van der Waals surface area contributed by atoms with Crippen molar-refractivity contribution in [1.82, 2.24) is 4.90 Å². The molecule has 5 heteroatoms. The molecule has 1 amide bonds. The molecule has 0 spiro atoms. The normalized spacial score (nSPS) is 19.5. The van der Waals surface area contributed by atoms with E-state index in [1.807, 2.05) is 4.90 Å². The van der Waals surface area contributed by atoms with E-state index in [1.165, 1.54) is 0 Å². The van der Waals surface area contributed by atoms with Gasteiger partial charge in [-0.15, -0.1) is 0 Å². The minimum Gasteiger partial charge on any atom is -0.383 e. The average Bonchev–Trinajstić information content (AvgIpc) is 2.84. The lowest BCUT2D eigenvalue weighted by atomic mass is 10.1. The van der Waals surface area contributed by atoms with Gasteiger partial charge < -0.3 is 14.4 Å². The number of carbonyl (C=O) groups is 1. The lowest BCUT2D eigenvalue weighted by Crippen LogP contribution is -2.35. The molecule has 0 aromatic heterocycles. The third-order valence-electron chi connectivity index (χ3n) is 2.98. The third-order valence-corrected chi connectivity index (χ3v) is 3.33. The van der Waals surface area contributed by atoms with Gasteiger partial charge in [-0.2, -0.15) is 0 Å². The van der Waals surface area contributed by atoms with Crippen molar-refractivity contribution in [3.8, 4) is 0 Å². The van der Waals surface area contributed by atoms with Crippen molar-refractivity contribution in [2.24, 2.45) is 0 Å². The van der Waals surface area contributed by atoms with Crippen molar-refractivity contribution in [1.29, 1.82) is 0 Å². The fourth-order valence-corrected chi connectivity index (χ4v) is 2.41. The number of methoxy groups -OCH3 is 1. The zero-order chi connectivity index (χ0) is 12.5. The van der Waals surface area contributed by atoms with E-state index in [-0.39, 0.29) is 5.91 Å². The summed E-state index contributed by atoms with van der Waals surface area (Å²) < 4.78 is 10.5. The lowest BCUT2D eigenvalue weighted by molar-refractivity contribution is -0.132. The molecule has 1 aliphatic rings. The van der Waals surface area contributed by atoms with E-state index in [4.69, 9.17) is 9.47 Å². The highest BCUT2D eigenvalue weighted by molar-refractivity contribution is 9.09. The van der Waals surface area contributed by atoms with Crippen LogP contribution >= 0.6 is 15.9 Å². The fraction of sp³-hybridized carbons (Fsp3) is 0.917. The largest absolute Gasteiger partial charge is 0.383 e. The molecule has 1 heterocycles. The maximum Gasteiger partial charge on any atom is 0.222 e. The highest BCUT2D eigenvalue weighted by Crippen LogP contribution is 2.17. The van der Waals surface area contributed by atoms with Gasteiger partial charge in [0.15, 0.2) is 0 Å². The summed E-state index contributed by atoms with van der Waals surface area (Å²) in [7, 11) is 1.66. The van der Waals surface area contributed by atoms with E-state index in [0.29, 0.717) is 25.7 Å². The summed E-state index contributed by atoms with van der Waals surface area (Å²) in [5.74, 6) is 0.206. The summed E-state index contributed by atoms with van der Waals surface area (Å²) in [5, 5.41) is 0.808. The zero-order valence-electron chi connectivity index (χ0n) is 10.5. The zero-order valence-corrected chi connectivity index (χ0v) is 12.1. The first-order valence-electron chi connectivity index (χ1n) is 6.22. The number of halogens is 1. The summed E-state index contributed by atoms with van der Waals surface area (Å²) in [5.41, 5.74) is 0. The molecule has 100 valence electrons. The van der Waals surface area contributed by atoms with Crippen molar-refractivity contribution in [3.63, 3.8) is 0 Å². The quantitative estimate of drug-likeness (QED) is 0.642. The number of nitrogens with zero attached hydrogens (tertiary/aromatic N) is 1. The predicted octanol–water partition coefficient (Wildman–Crippen LogP) is 1.82. The standard InChI is InChI=1S/C12H22BrNO3/c1-16-10-8-14(7-6-13)12(15)5-4-11-3-2-9-17-11/h11H,2-10H2,1H3. The Morgan fingerprint density at radius 1 is 1.53 bits per heavy atom. The van der Waals surface area contributed by atoms with Crippen molar-refractivity contribution in [2.75, 3.05) is 38.7 Å². The smallest absolute Gasteiger partial charge is 0.222 e. The van der Waals surface area contributed by atoms with E-state index in [1.54, 1.807) is 7.11 Å². The molecule has 1 fully saturated rings. The van der Waals surface area contributed by atoms with Crippen LogP contribution in [0.2, 0.25) is 0 Å². The van der Waals surface area contributed by atoms with E-state index < -0.39 is 0 Å². The van der Waals surface area contributed by atoms with Gasteiger partial charge in [-0.1, -0.05) is 15.9 Å². The molecule has 0 aliphatic carbocycles. The van der Waals surface area contributed by atoms with E-state index in [0.717, 1.165) is 37.7 Å². The van der Waals surface area contributed by atoms with Crippen LogP contribution < -0.4 is 0 Å². The van der Waals surface area contributed by atoms with E-state index in [2.05, 4.69) is 15.9 Å². The Morgan fingerprint density at radius 2 is 2.35 bits per heavy atom. The molecule has 1 atom stereocenters. The molecule has 17 heavy (non-hydrogen) atoms. The van der Waals surface area contributed by atoms with Crippen LogP contribution in [0.3, 0.4) is 0 Å². The minimum atomic E-state index is 0.206. The average molecular weight is 308 g/mol. The highest BCUT2D eigenvalue weighted by atomic mass is 79.9. The maximum atomic E-state index is 12.0. The molecule has 1 aliphatic heterocycles. The molecule has 0 bridgehead atoms. The van der Waals surface area contributed by atoms with Crippen LogP contribution in [0.15, 0.2) is 0 Å². The van der Waals surface area contributed by atoms with Gasteiger partial charge in [-0.3, -0.25) is 4.79 Å². The molecular weight excluding hydrogens is 286 g/mol. The highest BCUT2D eigenvalue weighted by Gasteiger charge is 2.19. The first kappa shape index (κ1) is 14.9. The Hall–Kier alpha value is -0.130. The molecule has 0 aromatic rings. The SMILES string of the molecule is COCCN(CCBr)C(=O)CCC1CCCO1. The molecule has 1 rings (SSSR count). The van der Waals surface area contributed by atoms with Crippen LogP contribution in [0.1, 0.15) is 25.7 Å². The molecule has 4 nitrogen and oxygen atoms in total. The Kier molecular flexibility index (Phi) is 7.81. The van der Waals surface area contributed by atoms with Gasteiger partial charge in [0.25, 0.3) is 0 Å². The Bertz CT molecular complexity index is 220. The third kappa shape index (κ3) is 5.84. The van der Waals surface area contributed by atoms with Gasteiger partial charge in [0.05, 0.1) is 12.7 Å². The second-order valence-corrected chi connectivity index (χ2v) is 5.03. The number of alkyl halides is 1. The second kappa shape index (κ2) is 8.89. The Balaban J connectivity index is 2.24. The van der Waals surface area contributed by atoms with Gasteiger partial charge in [0.1, 0.15) is 0 Å². The summed E-state index contributed by atoms with van der Waals surface area (Å²) in [6.07, 6.45) is 3.97. The Labute approximate surface area is 112 Å². The van der Waals surface area contributed by atoms with Crippen LogP contribution in [0, 0.1) is 0 Å². The molecule has 0 radical (unpaired) electrons. The molecule has 0 saturated carbocycles. The number of hydrogen-bond donors (Lipinski definition) is 0. The molecule has 1 saturated heterocycles. The van der Waals surface area contributed by atoms with Crippen molar-refractivity contribution in [3.05, 3.63) is 0 Å². The van der Waals surface area contributed by atoms with Crippen LogP contribution in [-0.2, 0) is 14.3 Å². The summed E-state index contributed by atoms with van der Waals surface area (Å²) in [6.45, 7) is 2.87. The minimum absolute atomic E-state index is 0.206. The molecule has 0 aromatic carbocycles. The van der Waals surface area contributed by atoms with Crippen molar-refractivity contribution >= 4 is 21.8 Å². The first-order chi connectivity index (χ1) is 8.27. The number of ether oxygens (including phenoxy) is 2. The van der Waals surface area contributed by atoms with E-state index >= 15 is 0 Å². The van der Waals surface area contributed by atoms with Gasteiger partial charge in [-0.25, -0.2) is 0 Å². The monoisotopic (exact) mass is 307 g/mol. The second-order valence-electron chi connectivity index (χ2n) is 4.24. The first-order valence-corrected chi connectivity index (χ1v) is 7.34. The number of rotatable bonds is 8.